The molecule has 5 nitrogen and oxygen atoms in total. The first-order valence-corrected chi connectivity index (χ1v) is 13.6. The summed E-state index contributed by atoms with van der Waals surface area (Å²) in [6.45, 7) is 9.13. The molecule has 0 unspecified atom stereocenters. The molecule has 1 atom stereocenters. The standard InChI is InChI=1S/C32H41FN2O3/c1-6-34(4)15-16-38-32-14-7-23(17-30(32)33)21-35(22(2)3)31-20-28(37-5)12-13-29(31)26-9-8-25-19-27(36)11-10-24(25)18-26/h7,10-14,17,19-20,22,26,36H,6,8-9,15-16,18,21H2,1-5H3/t26-/m1/s1. The molecule has 0 saturated heterocycles. The summed E-state index contributed by atoms with van der Waals surface area (Å²) in [6, 6.07) is 17.5. The van der Waals surface area contributed by atoms with Crippen LogP contribution in [0.4, 0.5) is 10.1 Å². The van der Waals surface area contributed by atoms with Gasteiger partial charge in [-0.2, -0.15) is 0 Å². The van der Waals surface area contributed by atoms with Crippen molar-refractivity contribution in [1.29, 1.82) is 0 Å². The van der Waals surface area contributed by atoms with Crippen molar-refractivity contribution in [2.75, 3.05) is 38.8 Å². The summed E-state index contributed by atoms with van der Waals surface area (Å²) in [7, 11) is 3.71. The van der Waals surface area contributed by atoms with Gasteiger partial charge in [-0.3, -0.25) is 0 Å². The van der Waals surface area contributed by atoms with Crippen LogP contribution >= 0.6 is 0 Å². The van der Waals surface area contributed by atoms with Gasteiger partial charge in [0, 0.05) is 30.9 Å². The van der Waals surface area contributed by atoms with E-state index in [1.807, 2.05) is 31.3 Å². The minimum absolute atomic E-state index is 0.192. The number of anilines is 1. The van der Waals surface area contributed by atoms with Crippen LogP contribution in [0, 0.1) is 5.82 Å². The van der Waals surface area contributed by atoms with Gasteiger partial charge in [-0.15, -0.1) is 0 Å². The number of halogens is 1. The van der Waals surface area contributed by atoms with Gasteiger partial charge >= 0.3 is 0 Å². The maximum atomic E-state index is 15.0. The molecule has 3 aromatic carbocycles. The quantitative estimate of drug-likeness (QED) is 0.310. The fourth-order valence-corrected chi connectivity index (χ4v) is 5.22. The smallest absolute Gasteiger partial charge is 0.165 e. The first-order valence-electron chi connectivity index (χ1n) is 13.6. The summed E-state index contributed by atoms with van der Waals surface area (Å²) in [5.41, 5.74) is 5.82. The van der Waals surface area contributed by atoms with Crippen LogP contribution in [0.1, 0.15) is 55.4 Å². The van der Waals surface area contributed by atoms with Gasteiger partial charge in [0.15, 0.2) is 11.6 Å². The largest absolute Gasteiger partial charge is 0.508 e. The Hall–Kier alpha value is -3.25. The van der Waals surface area contributed by atoms with Crippen LogP contribution in [0.2, 0.25) is 0 Å². The molecule has 3 aromatic rings. The maximum Gasteiger partial charge on any atom is 0.165 e. The van der Waals surface area contributed by atoms with Gasteiger partial charge in [0.2, 0.25) is 0 Å². The number of methoxy groups -OCH3 is 1. The van der Waals surface area contributed by atoms with E-state index in [2.05, 4.69) is 42.7 Å². The molecule has 204 valence electrons. The maximum absolute atomic E-state index is 15.0. The summed E-state index contributed by atoms with van der Waals surface area (Å²) in [4.78, 5) is 4.46. The second-order valence-corrected chi connectivity index (χ2v) is 10.5. The predicted octanol–water partition coefficient (Wildman–Crippen LogP) is 6.56. The van der Waals surface area contributed by atoms with Crippen LogP contribution in [0.15, 0.2) is 54.6 Å². The number of likely N-dealkylation sites (N-methyl/N-ethyl adjacent to an activating group) is 1. The summed E-state index contributed by atoms with van der Waals surface area (Å²) >= 11 is 0. The number of phenols is 1. The van der Waals surface area contributed by atoms with Crippen LogP contribution in [0.25, 0.3) is 0 Å². The van der Waals surface area contributed by atoms with Crippen LogP contribution in [0.3, 0.4) is 0 Å². The van der Waals surface area contributed by atoms with E-state index in [9.17, 15) is 9.50 Å². The van der Waals surface area contributed by atoms with Crippen LogP contribution in [-0.4, -0.2) is 49.9 Å². The number of ether oxygens (including phenoxy) is 2. The fourth-order valence-electron chi connectivity index (χ4n) is 5.22. The van der Waals surface area contributed by atoms with Gasteiger partial charge in [-0.05, 0) is 105 Å². The van der Waals surface area contributed by atoms with E-state index in [0.29, 0.717) is 30.6 Å². The molecule has 0 saturated carbocycles. The number of rotatable bonds is 11. The molecule has 0 spiro atoms. The van der Waals surface area contributed by atoms with Gasteiger partial charge < -0.3 is 24.4 Å². The summed E-state index contributed by atoms with van der Waals surface area (Å²) in [5, 5.41) is 9.90. The van der Waals surface area contributed by atoms with Crippen molar-refractivity contribution in [1.82, 2.24) is 4.90 Å². The number of hydrogen-bond acceptors (Lipinski definition) is 5. The van der Waals surface area contributed by atoms with E-state index in [-0.39, 0.29) is 11.9 Å². The number of phenolic OH excluding ortho intramolecular Hbond substituents is 1. The third-order valence-corrected chi connectivity index (χ3v) is 7.65. The highest BCUT2D eigenvalue weighted by Gasteiger charge is 2.26. The minimum Gasteiger partial charge on any atom is -0.508 e. The summed E-state index contributed by atoms with van der Waals surface area (Å²) in [5.74, 6) is 1.45. The van der Waals surface area contributed by atoms with Crippen LogP contribution < -0.4 is 14.4 Å². The number of nitrogens with zero attached hydrogens (tertiary/aromatic N) is 2. The van der Waals surface area contributed by atoms with E-state index in [0.717, 1.165) is 49.4 Å². The van der Waals surface area contributed by atoms with Crippen molar-refractivity contribution in [3.63, 3.8) is 0 Å². The molecule has 0 amide bonds. The van der Waals surface area contributed by atoms with E-state index >= 15 is 0 Å². The van der Waals surface area contributed by atoms with Crippen LogP contribution in [-0.2, 0) is 19.4 Å². The second-order valence-electron chi connectivity index (χ2n) is 10.5. The zero-order valence-electron chi connectivity index (χ0n) is 23.3. The zero-order valence-corrected chi connectivity index (χ0v) is 23.3. The molecule has 0 heterocycles. The lowest BCUT2D eigenvalue weighted by molar-refractivity contribution is 0.236. The monoisotopic (exact) mass is 520 g/mol. The highest BCUT2D eigenvalue weighted by molar-refractivity contribution is 5.60. The molecule has 6 heteroatoms. The molecule has 0 radical (unpaired) electrons. The molecule has 0 fully saturated rings. The first kappa shape index (κ1) is 27.8. The molecule has 0 aliphatic heterocycles. The molecule has 0 aromatic heterocycles. The summed E-state index contributed by atoms with van der Waals surface area (Å²) in [6.07, 6.45) is 2.87. The second kappa shape index (κ2) is 12.5. The van der Waals surface area contributed by atoms with Gasteiger partial charge in [-0.25, -0.2) is 4.39 Å². The molecule has 0 bridgehead atoms. The van der Waals surface area contributed by atoms with E-state index in [1.165, 1.54) is 16.7 Å². The number of hydrogen-bond donors (Lipinski definition) is 1. The lowest BCUT2D eigenvalue weighted by Crippen LogP contribution is -2.32. The van der Waals surface area contributed by atoms with Gasteiger partial charge in [-0.1, -0.05) is 25.1 Å². The van der Waals surface area contributed by atoms with Crippen molar-refractivity contribution in [3.8, 4) is 17.2 Å². The third kappa shape index (κ3) is 6.60. The predicted molar refractivity (Wildman–Crippen MR) is 152 cm³/mol. The van der Waals surface area contributed by atoms with Crippen molar-refractivity contribution in [2.24, 2.45) is 0 Å². The van der Waals surface area contributed by atoms with Gasteiger partial charge in [0.25, 0.3) is 0 Å². The average molecular weight is 521 g/mol. The highest BCUT2D eigenvalue weighted by Crippen LogP contribution is 2.40. The number of fused-ring (bicyclic) bond motifs is 1. The molecule has 38 heavy (non-hydrogen) atoms. The van der Waals surface area contributed by atoms with Gasteiger partial charge in [0.1, 0.15) is 18.1 Å². The Morgan fingerprint density at radius 2 is 1.87 bits per heavy atom. The van der Waals surface area contributed by atoms with E-state index in [1.54, 1.807) is 25.3 Å². The summed E-state index contributed by atoms with van der Waals surface area (Å²) < 4.78 is 26.3. The van der Waals surface area contributed by atoms with Crippen molar-refractivity contribution in [2.45, 2.75) is 58.5 Å². The highest BCUT2D eigenvalue weighted by atomic mass is 19.1. The topological polar surface area (TPSA) is 45.2 Å². The molecular weight excluding hydrogens is 479 g/mol. The van der Waals surface area contributed by atoms with Crippen molar-refractivity contribution < 1.29 is 19.0 Å². The van der Waals surface area contributed by atoms with Crippen LogP contribution in [0.5, 0.6) is 17.2 Å². The Bertz CT molecular complexity index is 1230. The molecule has 1 N–H and O–H groups in total. The first-order chi connectivity index (χ1) is 18.3. The number of benzene rings is 3. The molecular formula is C32H41FN2O3. The Morgan fingerprint density at radius 1 is 1.05 bits per heavy atom. The lowest BCUT2D eigenvalue weighted by atomic mass is 9.79. The van der Waals surface area contributed by atoms with Gasteiger partial charge in [0.05, 0.1) is 7.11 Å². The number of aryl methyl sites for hydroxylation is 1. The normalized spacial score (nSPS) is 15.0. The van der Waals surface area contributed by atoms with Crippen molar-refractivity contribution >= 4 is 5.69 Å². The van der Waals surface area contributed by atoms with E-state index in [4.69, 9.17) is 9.47 Å². The Balaban J connectivity index is 1.58. The molecule has 4 rings (SSSR count). The SMILES string of the molecule is CCN(C)CCOc1ccc(CN(c2cc(OC)ccc2[C@@H]2CCc3cc(O)ccc3C2)C(C)C)cc1F. The average Bonchev–Trinajstić information content (AvgIpc) is 2.91. The lowest BCUT2D eigenvalue weighted by Gasteiger charge is -2.35. The zero-order chi connectivity index (χ0) is 27.2. The Labute approximate surface area is 226 Å². The third-order valence-electron chi connectivity index (χ3n) is 7.65. The minimum atomic E-state index is -0.330. The molecule has 1 aliphatic carbocycles. The van der Waals surface area contributed by atoms with E-state index < -0.39 is 0 Å². The van der Waals surface area contributed by atoms with Crippen molar-refractivity contribution in [3.05, 3.63) is 82.7 Å². The Morgan fingerprint density at radius 3 is 2.58 bits per heavy atom. The number of aromatic hydroxyl groups is 1. The molecule has 1 aliphatic rings. The fraction of sp³-hybridized carbons (Fsp3) is 0.438. The Kier molecular flexibility index (Phi) is 9.16.